The summed E-state index contributed by atoms with van der Waals surface area (Å²) in [5.74, 6) is 0.669. The SMILES string of the molecule is CC(C)N(Cc1cc(-c2cccs2)on1)S(C)(=O)=O. The first-order chi connectivity index (χ1) is 8.88. The lowest BCUT2D eigenvalue weighted by Crippen LogP contribution is -2.35. The van der Waals surface area contributed by atoms with E-state index in [9.17, 15) is 8.42 Å². The summed E-state index contributed by atoms with van der Waals surface area (Å²) in [5, 5.41) is 5.89. The van der Waals surface area contributed by atoms with Gasteiger partial charge in [0, 0.05) is 12.1 Å². The van der Waals surface area contributed by atoms with Gasteiger partial charge in [0.1, 0.15) is 0 Å². The van der Waals surface area contributed by atoms with Gasteiger partial charge < -0.3 is 4.52 Å². The number of thiophene rings is 1. The summed E-state index contributed by atoms with van der Waals surface area (Å²) in [6, 6.07) is 5.54. The Kier molecular flexibility index (Phi) is 4.07. The first kappa shape index (κ1) is 14.2. The van der Waals surface area contributed by atoms with Gasteiger partial charge in [-0.3, -0.25) is 0 Å². The van der Waals surface area contributed by atoms with Crippen LogP contribution >= 0.6 is 11.3 Å². The number of nitrogens with zero attached hydrogens (tertiary/aromatic N) is 2. The first-order valence-corrected chi connectivity index (χ1v) is 8.57. The van der Waals surface area contributed by atoms with E-state index in [0.29, 0.717) is 11.5 Å². The minimum Gasteiger partial charge on any atom is -0.355 e. The molecule has 104 valence electrons. The van der Waals surface area contributed by atoms with Crippen LogP contribution in [-0.2, 0) is 16.6 Å². The third kappa shape index (κ3) is 3.43. The van der Waals surface area contributed by atoms with Gasteiger partial charge in [-0.25, -0.2) is 8.42 Å². The van der Waals surface area contributed by atoms with Gasteiger partial charge in [-0.15, -0.1) is 11.3 Å². The minimum absolute atomic E-state index is 0.114. The summed E-state index contributed by atoms with van der Waals surface area (Å²) < 4.78 is 30.0. The van der Waals surface area contributed by atoms with Crippen LogP contribution in [0, 0.1) is 0 Å². The van der Waals surface area contributed by atoms with Gasteiger partial charge in [-0.1, -0.05) is 11.2 Å². The average molecular weight is 300 g/mol. The summed E-state index contributed by atoms with van der Waals surface area (Å²) >= 11 is 1.55. The number of hydrogen-bond donors (Lipinski definition) is 0. The van der Waals surface area contributed by atoms with Crippen LogP contribution in [0.3, 0.4) is 0 Å². The lowest BCUT2D eigenvalue weighted by atomic mass is 10.3. The third-order valence-corrected chi connectivity index (χ3v) is 4.93. The molecule has 2 heterocycles. The summed E-state index contributed by atoms with van der Waals surface area (Å²) in [5.41, 5.74) is 0.613. The van der Waals surface area contributed by atoms with Crippen LogP contribution in [-0.4, -0.2) is 30.2 Å². The van der Waals surface area contributed by atoms with Crippen LogP contribution in [0.2, 0.25) is 0 Å². The van der Waals surface area contributed by atoms with Gasteiger partial charge in [0.15, 0.2) is 5.76 Å². The van der Waals surface area contributed by atoms with Crippen molar-refractivity contribution in [3.63, 3.8) is 0 Å². The molecular weight excluding hydrogens is 284 g/mol. The van der Waals surface area contributed by atoms with Gasteiger partial charge >= 0.3 is 0 Å². The van der Waals surface area contributed by atoms with E-state index in [1.54, 1.807) is 17.4 Å². The summed E-state index contributed by atoms with van der Waals surface area (Å²) in [7, 11) is -3.25. The molecule has 2 aromatic heterocycles. The quantitative estimate of drug-likeness (QED) is 0.851. The van der Waals surface area contributed by atoms with Crippen molar-refractivity contribution in [2.75, 3.05) is 6.26 Å². The van der Waals surface area contributed by atoms with Gasteiger partial charge in [0.2, 0.25) is 10.0 Å². The van der Waals surface area contributed by atoms with Crippen molar-refractivity contribution in [2.45, 2.75) is 26.4 Å². The van der Waals surface area contributed by atoms with Crippen molar-refractivity contribution in [3.05, 3.63) is 29.3 Å². The summed E-state index contributed by atoms with van der Waals surface area (Å²) in [6.45, 7) is 3.90. The molecule has 0 fully saturated rings. The molecule has 0 aliphatic rings. The number of rotatable bonds is 5. The zero-order valence-electron chi connectivity index (χ0n) is 11.0. The Morgan fingerprint density at radius 3 is 2.74 bits per heavy atom. The Bertz CT molecular complexity index is 630. The fourth-order valence-corrected chi connectivity index (χ4v) is 3.57. The molecule has 2 aromatic rings. The van der Waals surface area contributed by atoms with Crippen LogP contribution in [0.5, 0.6) is 0 Å². The van der Waals surface area contributed by atoms with E-state index >= 15 is 0 Å². The van der Waals surface area contributed by atoms with Crippen molar-refractivity contribution in [1.29, 1.82) is 0 Å². The Balaban J connectivity index is 2.20. The second kappa shape index (κ2) is 5.44. The van der Waals surface area contributed by atoms with E-state index in [4.69, 9.17) is 4.52 Å². The number of sulfonamides is 1. The van der Waals surface area contributed by atoms with E-state index in [0.717, 1.165) is 4.88 Å². The van der Waals surface area contributed by atoms with Crippen molar-refractivity contribution in [2.24, 2.45) is 0 Å². The number of aromatic nitrogens is 1. The van der Waals surface area contributed by atoms with Crippen molar-refractivity contribution in [1.82, 2.24) is 9.46 Å². The molecule has 0 N–H and O–H groups in total. The van der Waals surface area contributed by atoms with Crippen LogP contribution in [0.15, 0.2) is 28.1 Å². The molecule has 0 bridgehead atoms. The molecule has 0 unspecified atom stereocenters. The lowest BCUT2D eigenvalue weighted by molar-refractivity contribution is 0.335. The molecule has 5 nitrogen and oxygen atoms in total. The molecular formula is C12H16N2O3S2. The average Bonchev–Trinajstić information content (AvgIpc) is 2.94. The molecule has 2 rings (SSSR count). The zero-order valence-corrected chi connectivity index (χ0v) is 12.7. The lowest BCUT2D eigenvalue weighted by Gasteiger charge is -2.22. The molecule has 0 saturated carbocycles. The molecule has 0 spiro atoms. The van der Waals surface area contributed by atoms with E-state index < -0.39 is 10.0 Å². The minimum atomic E-state index is -3.25. The van der Waals surface area contributed by atoms with Crippen molar-refractivity contribution < 1.29 is 12.9 Å². The van der Waals surface area contributed by atoms with Crippen LogP contribution in [0.1, 0.15) is 19.5 Å². The predicted molar refractivity (Wildman–Crippen MR) is 75.3 cm³/mol. The van der Waals surface area contributed by atoms with Gasteiger partial charge in [0.05, 0.1) is 23.4 Å². The Morgan fingerprint density at radius 1 is 1.47 bits per heavy atom. The largest absolute Gasteiger partial charge is 0.355 e. The van der Waals surface area contributed by atoms with Gasteiger partial charge in [-0.2, -0.15) is 4.31 Å². The first-order valence-electron chi connectivity index (χ1n) is 5.84. The molecule has 19 heavy (non-hydrogen) atoms. The van der Waals surface area contributed by atoms with Crippen molar-refractivity contribution >= 4 is 21.4 Å². The highest BCUT2D eigenvalue weighted by atomic mass is 32.2. The second-order valence-corrected chi connectivity index (χ2v) is 7.44. The van der Waals surface area contributed by atoms with E-state index in [2.05, 4.69) is 5.16 Å². The highest BCUT2D eigenvalue weighted by Gasteiger charge is 2.22. The molecule has 0 radical (unpaired) electrons. The van der Waals surface area contributed by atoms with Crippen LogP contribution < -0.4 is 0 Å². The highest BCUT2D eigenvalue weighted by molar-refractivity contribution is 7.88. The molecule has 0 saturated heterocycles. The predicted octanol–water partition coefficient (Wildman–Crippen LogP) is 2.57. The normalized spacial score (nSPS) is 12.5. The molecule has 0 aromatic carbocycles. The highest BCUT2D eigenvalue weighted by Crippen LogP contribution is 2.25. The third-order valence-electron chi connectivity index (χ3n) is 2.64. The fourth-order valence-electron chi connectivity index (χ4n) is 1.76. The molecule has 7 heteroatoms. The Labute approximate surface area is 116 Å². The van der Waals surface area contributed by atoms with E-state index in [-0.39, 0.29) is 12.6 Å². The number of hydrogen-bond acceptors (Lipinski definition) is 5. The maximum absolute atomic E-state index is 11.7. The maximum Gasteiger partial charge on any atom is 0.211 e. The smallest absolute Gasteiger partial charge is 0.211 e. The van der Waals surface area contributed by atoms with Gasteiger partial charge in [0.25, 0.3) is 0 Å². The van der Waals surface area contributed by atoms with E-state index in [1.165, 1.54) is 10.6 Å². The Hall–Kier alpha value is -1.18. The zero-order chi connectivity index (χ0) is 14.0. The van der Waals surface area contributed by atoms with E-state index in [1.807, 2.05) is 31.4 Å². The molecule has 0 aliphatic carbocycles. The molecule has 0 amide bonds. The monoisotopic (exact) mass is 300 g/mol. The maximum atomic E-state index is 11.7. The summed E-state index contributed by atoms with van der Waals surface area (Å²) in [4.78, 5) is 0.981. The summed E-state index contributed by atoms with van der Waals surface area (Å²) in [6.07, 6.45) is 1.20. The van der Waals surface area contributed by atoms with Crippen LogP contribution in [0.4, 0.5) is 0 Å². The standard InChI is InChI=1S/C12H16N2O3S2/c1-9(2)14(19(3,15)16)8-10-7-11(17-13-10)12-5-4-6-18-12/h4-7,9H,8H2,1-3H3. The Morgan fingerprint density at radius 2 is 2.21 bits per heavy atom. The molecule has 0 aliphatic heterocycles. The second-order valence-electron chi connectivity index (χ2n) is 4.56. The molecule has 0 atom stereocenters. The fraction of sp³-hybridized carbons (Fsp3) is 0.417. The van der Waals surface area contributed by atoms with Gasteiger partial charge in [-0.05, 0) is 25.3 Å². The van der Waals surface area contributed by atoms with Crippen molar-refractivity contribution in [3.8, 4) is 10.6 Å². The van der Waals surface area contributed by atoms with Crippen LogP contribution in [0.25, 0.3) is 10.6 Å². The topological polar surface area (TPSA) is 63.4 Å².